The highest BCUT2D eigenvalue weighted by molar-refractivity contribution is 6.03. The van der Waals surface area contributed by atoms with Crippen LogP contribution in [0.3, 0.4) is 0 Å². The Morgan fingerprint density at radius 3 is 2.33 bits per heavy atom. The molecule has 0 radical (unpaired) electrons. The molecule has 21 heavy (non-hydrogen) atoms. The van der Waals surface area contributed by atoms with E-state index in [1.54, 1.807) is 0 Å². The van der Waals surface area contributed by atoms with E-state index in [2.05, 4.69) is 25.7 Å². The van der Waals surface area contributed by atoms with Crippen LogP contribution < -0.4 is 4.74 Å². The first kappa shape index (κ1) is 16.0. The summed E-state index contributed by atoms with van der Waals surface area (Å²) in [5, 5.41) is 0. The van der Waals surface area contributed by atoms with Crippen LogP contribution in [0.25, 0.3) is 0 Å². The summed E-state index contributed by atoms with van der Waals surface area (Å²) in [6.45, 7) is 9.06. The van der Waals surface area contributed by atoms with Crippen LogP contribution in [0.15, 0.2) is 24.3 Å². The van der Waals surface area contributed by atoms with Gasteiger partial charge in [0.05, 0.1) is 12.1 Å². The number of rotatable bonds is 7. The highest BCUT2D eigenvalue weighted by Crippen LogP contribution is 2.29. The maximum absolute atomic E-state index is 12.9. The molecule has 0 amide bonds. The van der Waals surface area contributed by atoms with Crippen LogP contribution in [0, 0.1) is 0 Å². The summed E-state index contributed by atoms with van der Waals surface area (Å²) < 4.78 is 5.58. The summed E-state index contributed by atoms with van der Waals surface area (Å²) in [6.07, 6.45) is 4.24. The van der Waals surface area contributed by atoms with Crippen LogP contribution in [0.1, 0.15) is 56.8 Å². The minimum absolute atomic E-state index is 0.231. The van der Waals surface area contributed by atoms with Crippen LogP contribution in [-0.2, 0) is 0 Å². The predicted molar refractivity (Wildman–Crippen MR) is 86.1 cm³/mol. The van der Waals surface area contributed by atoms with Crippen molar-refractivity contribution in [1.82, 2.24) is 4.90 Å². The summed E-state index contributed by atoms with van der Waals surface area (Å²) in [7, 11) is 0. The minimum Gasteiger partial charge on any atom is -0.494 e. The van der Waals surface area contributed by atoms with Crippen molar-refractivity contribution in [3.8, 4) is 5.75 Å². The van der Waals surface area contributed by atoms with Crippen LogP contribution in [0.5, 0.6) is 5.75 Å². The van der Waals surface area contributed by atoms with E-state index in [0.29, 0.717) is 6.61 Å². The van der Waals surface area contributed by atoms with Crippen LogP contribution in [0.4, 0.5) is 0 Å². The topological polar surface area (TPSA) is 29.5 Å². The van der Waals surface area contributed by atoms with Gasteiger partial charge in [0.1, 0.15) is 5.75 Å². The molecule has 0 saturated carbocycles. The molecule has 1 aliphatic heterocycles. The lowest BCUT2D eigenvalue weighted by Gasteiger charge is -2.36. The van der Waals surface area contributed by atoms with Gasteiger partial charge in [0.15, 0.2) is 5.78 Å². The molecule has 3 nitrogen and oxygen atoms in total. The van der Waals surface area contributed by atoms with Gasteiger partial charge in [-0.25, -0.2) is 0 Å². The number of ketones is 1. The average molecular weight is 289 g/mol. The first-order chi connectivity index (χ1) is 10.1. The molecule has 1 aliphatic rings. The fraction of sp³-hybridized carbons (Fsp3) is 0.611. The largest absolute Gasteiger partial charge is 0.494 e. The molecule has 1 fully saturated rings. The monoisotopic (exact) mass is 289 g/mol. The Kier molecular flexibility index (Phi) is 5.40. The van der Waals surface area contributed by atoms with Crippen molar-refractivity contribution >= 4 is 5.78 Å². The predicted octanol–water partition coefficient (Wildman–Crippen LogP) is 3.92. The first-order valence-electron chi connectivity index (χ1n) is 8.14. The fourth-order valence-corrected chi connectivity index (χ4v) is 2.97. The number of Topliss-reactive ketones (excluding diaryl/α,β-unsaturated/α-hetero) is 1. The maximum Gasteiger partial charge on any atom is 0.182 e. The zero-order chi connectivity index (χ0) is 15.3. The molecule has 0 aromatic heterocycles. The SMILES string of the molecule is CCCOc1ccc(C(=O)C(C)(CC)N2CCCC2)cc1. The maximum atomic E-state index is 12.9. The summed E-state index contributed by atoms with van der Waals surface area (Å²) in [4.78, 5) is 15.3. The van der Waals surface area contributed by atoms with Crippen LogP contribution in [0.2, 0.25) is 0 Å². The van der Waals surface area contributed by atoms with E-state index in [1.807, 2.05) is 24.3 Å². The van der Waals surface area contributed by atoms with Crippen molar-refractivity contribution < 1.29 is 9.53 Å². The third-order valence-corrected chi connectivity index (χ3v) is 4.57. The van der Waals surface area contributed by atoms with Crippen LogP contribution >= 0.6 is 0 Å². The number of nitrogens with zero attached hydrogens (tertiary/aromatic N) is 1. The molecule has 0 N–H and O–H groups in total. The quantitative estimate of drug-likeness (QED) is 0.712. The highest BCUT2D eigenvalue weighted by atomic mass is 16.5. The second-order valence-electron chi connectivity index (χ2n) is 6.02. The molecular formula is C18H27NO2. The Morgan fingerprint density at radius 1 is 1.19 bits per heavy atom. The molecule has 1 aromatic rings. The molecule has 1 heterocycles. The Labute approximate surface area is 128 Å². The second-order valence-corrected chi connectivity index (χ2v) is 6.02. The zero-order valence-electron chi connectivity index (χ0n) is 13.5. The lowest BCUT2D eigenvalue weighted by Crippen LogP contribution is -2.50. The first-order valence-corrected chi connectivity index (χ1v) is 8.14. The van der Waals surface area contributed by atoms with Crippen molar-refractivity contribution in [3.05, 3.63) is 29.8 Å². The molecule has 116 valence electrons. The van der Waals surface area contributed by atoms with Crippen molar-refractivity contribution in [1.29, 1.82) is 0 Å². The third kappa shape index (κ3) is 3.46. The number of benzene rings is 1. The van der Waals surface area contributed by atoms with E-state index >= 15 is 0 Å². The van der Waals surface area contributed by atoms with E-state index in [9.17, 15) is 4.79 Å². The Hall–Kier alpha value is -1.35. The van der Waals surface area contributed by atoms with Gasteiger partial charge >= 0.3 is 0 Å². The van der Waals surface area contributed by atoms with Crippen molar-refractivity contribution in [2.24, 2.45) is 0 Å². The number of carbonyl (C=O) groups excluding carboxylic acids is 1. The Balaban J connectivity index is 2.13. The fourth-order valence-electron chi connectivity index (χ4n) is 2.97. The Bertz CT molecular complexity index is 463. The van der Waals surface area contributed by atoms with E-state index in [-0.39, 0.29) is 11.3 Å². The average Bonchev–Trinajstić information content (AvgIpc) is 3.07. The van der Waals surface area contributed by atoms with Crippen molar-refractivity contribution in [2.75, 3.05) is 19.7 Å². The van der Waals surface area contributed by atoms with Gasteiger partial charge in [0.25, 0.3) is 0 Å². The third-order valence-electron chi connectivity index (χ3n) is 4.57. The Morgan fingerprint density at radius 2 is 1.81 bits per heavy atom. The zero-order valence-corrected chi connectivity index (χ0v) is 13.5. The number of hydrogen-bond acceptors (Lipinski definition) is 3. The molecular weight excluding hydrogens is 262 g/mol. The van der Waals surface area contributed by atoms with Gasteiger partial charge in [-0.15, -0.1) is 0 Å². The molecule has 0 aliphatic carbocycles. The van der Waals surface area contributed by atoms with E-state index < -0.39 is 0 Å². The molecule has 0 bridgehead atoms. The molecule has 1 aromatic carbocycles. The molecule has 1 atom stereocenters. The molecule has 1 saturated heterocycles. The minimum atomic E-state index is -0.373. The van der Waals surface area contributed by atoms with Gasteiger partial charge in [-0.3, -0.25) is 9.69 Å². The number of likely N-dealkylation sites (tertiary alicyclic amines) is 1. The molecule has 0 spiro atoms. The number of carbonyl (C=O) groups is 1. The highest BCUT2D eigenvalue weighted by Gasteiger charge is 2.39. The molecule has 1 unspecified atom stereocenters. The lowest BCUT2D eigenvalue weighted by atomic mass is 9.87. The second kappa shape index (κ2) is 7.08. The van der Waals surface area contributed by atoms with Gasteiger partial charge in [-0.1, -0.05) is 13.8 Å². The van der Waals surface area contributed by atoms with E-state index in [1.165, 1.54) is 12.8 Å². The van der Waals surface area contributed by atoms with Gasteiger partial charge in [-0.05, 0) is 70.0 Å². The summed E-state index contributed by atoms with van der Waals surface area (Å²) in [6, 6.07) is 7.61. The van der Waals surface area contributed by atoms with E-state index in [0.717, 1.165) is 37.2 Å². The molecule has 3 heteroatoms. The van der Waals surface area contributed by atoms with Gasteiger partial charge < -0.3 is 4.74 Å². The standard InChI is InChI=1S/C18H27NO2/c1-4-14-21-16-10-8-15(9-11-16)17(20)18(3,5-2)19-12-6-7-13-19/h8-11H,4-7,12-14H2,1-3H3. The van der Waals surface area contributed by atoms with Gasteiger partial charge in [0, 0.05) is 5.56 Å². The summed E-state index contributed by atoms with van der Waals surface area (Å²) >= 11 is 0. The summed E-state index contributed by atoms with van der Waals surface area (Å²) in [5.74, 6) is 1.07. The van der Waals surface area contributed by atoms with Crippen LogP contribution in [-0.4, -0.2) is 35.9 Å². The lowest BCUT2D eigenvalue weighted by molar-refractivity contribution is 0.0647. The van der Waals surface area contributed by atoms with Gasteiger partial charge in [-0.2, -0.15) is 0 Å². The normalized spacial score (nSPS) is 18.4. The van der Waals surface area contributed by atoms with Gasteiger partial charge in [0.2, 0.25) is 0 Å². The number of ether oxygens (including phenoxy) is 1. The molecule has 2 rings (SSSR count). The number of hydrogen-bond donors (Lipinski definition) is 0. The van der Waals surface area contributed by atoms with E-state index in [4.69, 9.17) is 4.74 Å². The smallest absolute Gasteiger partial charge is 0.182 e. The van der Waals surface area contributed by atoms with Crippen molar-refractivity contribution in [2.45, 2.75) is 52.0 Å². The summed E-state index contributed by atoms with van der Waals surface area (Å²) in [5.41, 5.74) is 0.414. The van der Waals surface area contributed by atoms with Crippen molar-refractivity contribution in [3.63, 3.8) is 0 Å².